The van der Waals surface area contributed by atoms with E-state index in [-0.39, 0.29) is 18.1 Å². The second kappa shape index (κ2) is 8.84. The summed E-state index contributed by atoms with van der Waals surface area (Å²) in [5, 5.41) is 3.47. The zero-order chi connectivity index (χ0) is 16.9. The third-order valence-electron chi connectivity index (χ3n) is 3.46. The molecule has 0 bridgehead atoms. The Morgan fingerprint density at radius 3 is 2.54 bits per heavy atom. The number of hydrogen-bond acceptors (Lipinski definition) is 4. The lowest BCUT2D eigenvalue weighted by Gasteiger charge is -2.15. The molecular formula is C16H19ClF3N3O. The number of anilines is 1. The van der Waals surface area contributed by atoms with Gasteiger partial charge in [0.25, 0.3) is 5.78 Å². The number of carbonyl (C=O) groups is 1. The van der Waals surface area contributed by atoms with Crippen molar-refractivity contribution >= 4 is 34.8 Å². The molecule has 0 fully saturated rings. The van der Waals surface area contributed by atoms with Gasteiger partial charge < -0.3 is 11.1 Å². The summed E-state index contributed by atoms with van der Waals surface area (Å²) in [7, 11) is 0. The maximum absolute atomic E-state index is 12.8. The molecular weight excluding hydrogens is 343 g/mol. The van der Waals surface area contributed by atoms with Gasteiger partial charge in [0, 0.05) is 18.1 Å². The second-order valence-corrected chi connectivity index (χ2v) is 5.17. The topological polar surface area (TPSA) is 68.0 Å². The number of alkyl halides is 3. The Bertz CT molecular complexity index is 692. The van der Waals surface area contributed by atoms with Crippen molar-refractivity contribution in [2.24, 2.45) is 5.73 Å². The van der Waals surface area contributed by atoms with E-state index < -0.39 is 17.5 Å². The van der Waals surface area contributed by atoms with E-state index in [0.29, 0.717) is 24.0 Å². The smallest absolute Gasteiger partial charge is 0.384 e. The first-order valence-corrected chi connectivity index (χ1v) is 7.38. The number of nitrogens with two attached hydrogens (primary N) is 1. The van der Waals surface area contributed by atoms with Gasteiger partial charge in [-0.25, -0.2) is 0 Å². The van der Waals surface area contributed by atoms with Gasteiger partial charge in [0.2, 0.25) is 0 Å². The molecule has 0 atom stereocenters. The van der Waals surface area contributed by atoms with Crippen molar-refractivity contribution in [3.05, 3.63) is 36.0 Å². The minimum absolute atomic E-state index is 0. The lowest BCUT2D eigenvalue weighted by atomic mass is 10.1. The van der Waals surface area contributed by atoms with Crippen LogP contribution < -0.4 is 11.1 Å². The largest absolute Gasteiger partial charge is 0.455 e. The lowest BCUT2D eigenvalue weighted by Crippen LogP contribution is -2.24. The molecule has 1 aromatic carbocycles. The number of aromatic nitrogens is 1. The Kier molecular flexibility index (Phi) is 7.44. The number of ketones is 1. The normalized spacial score (nSPS) is 11.2. The Labute approximate surface area is 144 Å². The number of unbranched alkanes of at least 4 members (excludes halogenated alkanes) is 2. The van der Waals surface area contributed by atoms with Gasteiger partial charge in [0.15, 0.2) is 0 Å². The molecule has 0 aliphatic carbocycles. The maximum atomic E-state index is 12.8. The summed E-state index contributed by atoms with van der Waals surface area (Å²) in [5.41, 5.74) is 5.68. The van der Waals surface area contributed by atoms with E-state index in [1.165, 1.54) is 0 Å². The van der Waals surface area contributed by atoms with Crippen LogP contribution >= 0.6 is 12.4 Å². The van der Waals surface area contributed by atoms with E-state index in [2.05, 4.69) is 10.3 Å². The Morgan fingerprint density at radius 2 is 1.88 bits per heavy atom. The van der Waals surface area contributed by atoms with Crippen molar-refractivity contribution in [1.82, 2.24) is 4.98 Å². The number of fused-ring (bicyclic) bond motifs is 1. The van der Waals surface area contributed by atoms with Gasteiger partial charge in [-0.15, -0.1) is 12.4 Å². The first-order valence-electron chi connectivity index (χ1n) is 7.38. The molecule has 0 aliphatic rings. The number of carbonyl (C=O) groups excluding carboxylic acids is 1. The SMILES string of the molecule is Cl.NCCCCCNc1c(C(=O)C(F)(F)F)cnc2ccccc12. The van der Waals surface area contributed by atoms with Crippen LogP contribution in [0.25, 0.3) is 10.9 Å². The highest BCUT2D eigenvalue weighted by Gasteiger charge is 2.41. The molecule has 0 radical (unpaired) electrons. The van der Waals surface area contributed by atoms with Crippen LogP contribution in [0.3, 0.4) is 0 Å². The summed E-state index contributed by atoms with van der Waals surface area (Å²) >= 11 is 0. The molecule has 1 heterocycles. The number of benzene rings is 1. The fourth-order valence-electron chi connectivity index (χ4n) is 2.32. The zero-order valence-corrected chi connectivity index (χ0v) is 13.7. The van der Waals surface area contributed by atoms with Crippen LogP contribution in [-0.4, -0.2) is 30.0 Å². The molecule has 0 saturated heterocycles. The van der Waals surface area contributed by atoms with Crippen LogP contribution in [0.5, 0.6) is 0 Å². The summed E-state index contributed by atoms with van der Waals surface area (Å²) in [6, 6.07) is 6.78. The standard InChI is InChI=1S/C16H18F3N3O.ClH/c17-16(18,19)15(23)12-10-22-13-7-3-2-6-11(13)14(12)21-9-5-1-4-8-20;/h2-3,6-7,10H,1,4-5,8-9,20H2,(H,21,22);1H. The number of nitrogens with one attached hydrogen (secondary N) is 1. The molecule has 2 rings (SSSR count). The van der Waals surface area contributed by atoms with E-state index >= 15 is 0 Å². The number of nitrogens with zero attached hydrogens (tertiary/aromatic N) is 1. The molecule has 3 N–H and O–H groups in total. The molecule has 2 aromatic rings. The van der Waals surface area contributed by atoms with Crippen molar-refractivity contribution in [3.8, 4) is 0 Å². The van der Waals surface area contributed by atoms with Gasteiger partial charge in [-0.2, -0.15) is 13.2 Å². The van der Waals surface area contributed by atoms with Crippen molar-refractivity contribution < 1.29 is 18.0 Å². The summed E-state index contributed by atoms with van der Waals surface area (Å²) in [6.45, 7) is 1.04. The third-order valence-corrected chi connectivity index (χ3v) is 3.46. The molecule has 0 amide bonds. The molecule has 24 heavy (non-hydrogen) atoms. The number of rotatable bonds is 7. The van der Waals surface area contributed by atoms with Crippen LogP contribution in [-0.2, 0) is 0 Å². The summed E-state index contributed by atoms with van der Waals surface area (Å²) < 4.78 is 38.4. The van der Waals surface area contributed by atoms with Crippen molar-refractivity contribution in [1.29, 1.82) is 0 Å². The molecule has 0 aliphatic heterocycles. The van der Waals surface area contributed by atoms with E-state index in [1.54, 1.807) is 24.3 Å². The van der Waals surface area contributed by atoms with E-state index in [1.807, 2.05) is 0 Å². The van der Waals surface area contributed by atoms with Gasteiger partial charge in [0.05, 0.1) is 16.8 Å². The highest BCUT2D eigenvalue weighted by molar-refractivity contribution is 6.10. The van der Waals surface area contributed by atoms with Crippen LogP contribution in [0.1, 0.15) is 29.6 Å². The van der Waals surface area contributed by atoms with Crippen molar-refractivity contribution in [2.45, 2.75) is 25.4 Å². The van der Waals surface area contributed by atoms with E-state index in [0.717, 1.165) is 25.5 Å². The quantitative estimate of drug-likeness (QED) is 0.579. The van der Waals surface area contributed by atoms with Crippen LogP contribution in [0, 0.1) is 0 Å². The number of para-hydroxylation sites is 1. The van der Waals surface area contributed by atoms with E-state index in [9.17, 15) is 18.0 Å². The predicted octanol–water partition coefficient (Wildman–Crippen LogP) is 3.94. The Balaban J connectivity index is 0.00000288. The summed E-state index contributed by atoms with van der Waals surface area (Å²) in [4.78, 5) is 15.6. The molecule has 4 nitrogen and oxygen atoms in total. The minimum Gasteiger partial charge on any atom is -0.384 e. The Morgan fingerprint density at radius 1 is 1.17 bits per heavy atom. The fraction of sp³-hybridized carbons (Fsp3) is 0.375. The molecule has 0 unspecified atom stereocenters. The highest BCUT2D eigenvalue weighted by Crippen LogP contribution is 2.31. The first kappa shape index (κ1) is 20.2. The van der Waals surface area contributed by atoms with Crippen molar-refractivity contribution in [2.75, 3.05) is 18.4 Å². The van der Waals surface area contributed by atoms with Gasteiger partial charge in [-0.1, -0.05) is 24.6 Å². The maximum Gasteiger partial charge on any atom is 0.455 e. The van der Waals surface area contributed by atoms with E-state index in [4.69, 9.17) is 5.73 Å². The number of halogens is 4. The third kappa shape index (κ3) is 4.82. The van der Waals surface area contributed by atoms with Crippen LogP contribution in [0.4, 0.5) is 18.9 Å². The first-order chi connectivity index (χ1) is 10.9. The molecule has 0 spiro atoms. The average molecular weight is 362 g/mol. The van der Waals surface area contributed by atoms with Gasteiger partial charge in [-0.3, -0.25) is 9.78 Å². The van der Waals surface area contributed by atoms with Crippen LogP contribution in [0.2, 0.25) is 0 Å². The number of Topliss-reactive ketones (excluding diaryl/α,β-unsaturated/α-hetero) is 1. The molecule has 132 valence electrons. The molecule has 8 heteroatoms. The monoisotopic (exact) mass is 361 g/mol. The Hall–Kier alpha value is -1.86. The number of pyridine rings is 1. The molecule has 0 saturated carbocycles. The lowest BCUT2D eigenvalue weighted by molar-refractivity contribution is -0.0884. The number of hydrogen-bond donors (Lipinski definition) is 2. The highest BCUT2D eigenvalue weighted by atomic mass is 35.5. The zero-order valence-electron chi connectivity index (χ0n) is 12.9. The predicted molar refractivity (Wildman–Crippen MR) is 90.8 cm³/mol. The fourth-order valence-corrected chi connectivity index (χ4v) is 2.32. The van der Waals surface area contributed by atoms with Gasteiger partial charge in [0.1, 0.15) is 0 Å². The minimum atomic E-state index is -4.93. The average Bonchev–Trinajstić information content (AvgIpc) is 2.53. The van der Waals surface area contributed by atoms with Gasteiger partial charge >= 0.3 is 6.18 Å². The summed E-state index contributed by atoms with van der Waals surface area (Å²) in [5.74, 6) is -1.89. The van der Waals surface area contributed by atoms with Crippen LogP contribution in [0.15, 0.2) is 30.5 Å². The van der Waals surface area contributed by atoms with Crippen molar-refractivity contribution in [3.63, 3.8) is 0 Å². The van der Waals surface area contributed by atoms with Gasteiger partial charge in [-0.05, 0) is 25.5 Å². The summed E-state index contributed by atoms with van der Waals surface area (Å²) in [6.07, 6.45) is -1.46. The molecule has 1 aromatic heterocycles. The second-order valence-electron chi connectivity index (χ2n) is 5.17.